The lowest BCUT2D eigenvalue weighted by atomic mass is 9.95. The van der Waals surface area contributed by atoms with Crippen molar-refractivity contribution < 1.29 is 5.21 Å². The highest BCUT2D eigenvalue weighted by Gasteiger charge is 2.10. The number of oxime groups is 1. The fraction of sp³-hybridized carbons (Fsp3) is 0.857. The molecule has 0 saturated carbocycles. The minimum Gasteiger partial charge on any atom is -0.411 e. The summed E-state index contributed by atoms with van der Waals surface area (Å²) < 4.78 is 0. The van der Waals surface area contributed by atoms with Crippen molar-refractivity contribution in [2.75, 3.05) is 13.1 Å². The van der Waals surface area contributed by atoms with Crippen molar-refractivity contribution in [1.29, 1.82) is 0 Å². The maximum Gasteiger partial charge on any atom is 0.0438 e. The van der Waals surface area contributed by atoms with Crippen LogP contribution < -0.4 is 5.32 Å². The predicted molar refractivity (Wildman–Crippen MR) is 40.5 cm³/mol. The van der Waals surface area contributed by atoms with E-state index < -0.39 is 0 Å². The largest absolute Gasteiger partial charge is 0.411 e. The molecule has 2 N–H and O–H groups in total. The third kappa shape index (κ3) is 2.35. The van der Waals surface area contributed by atoms with Gasteiger partial charge in [-0.25, -0.2) is 0 Å². The molecule has 3 heteroatoms. The number of hydrogen-bond acceptors (Lipinski definition) is 3. The van der Waals surface area contributed by atoms with E-state index >= 15 is 0 Å². The fourth-order valence-corrected chi connectivity index (χ4v) is 1.31. The van der Waals surface area contributed by atoms with Crippen LogP contribution in [0.4, 0.5) is 0 Å². The molecule has 0 aromatic heterocycles. The Hall–Kier alpha value is -0.570. The van der Waals surface area contributed by atoms with Crippen molar-refractivity contribution in [2.24, 2.45) is 11.1 Å². The van der Waals surface area contributed by atoms with Gasteiger partial charge in [-0.05, 0) is 38.3 Å². The Labute approximate surface area is 61.1 Å². The summed E-state index contributed by atoms with van der Waals surface area (Å²) in [4.78, 5) is 0. The van der Waals surface area contributed by atoms with Gasteiger partial charge in [-0.2, -0.15) is 0 Å². The van der Waals surface area contributed by atoms with Gasteiger partial charge in [0, 0.05) is 6.21 Å². The monoisotopic (exact) mass is 142 g/mol. The number of nitrogens with one attached hydrogen (secondary N) is 1. The average molecular weight is 142 g/mol. The first-order valence-corrected chi connectivity index (χ1v) is 3.80. The van der Waals surface area contributed by atoms with E-state index in [1.165, 1.54) is 12.8 Å². The molecule has 58 valence electrons. The molecule has 0 radical (unpaired) electrons. The highest BCUT2D eigenvalue weighted by atomic mass is 16.4. The molecule has 0 atom stereocenters. The second-order valence-corrected chi connectivity index (χ2v) is 2.73. The standard InChI is InChI=1S/C7H14N2O/c10-9-6-3-7-1-4-8-5-2-7/h6-8,10H,1-5H2. The molecule has 1 heterocycles. The van der Waals surface area contributed by atoms with Gasteiger partial charge in [0.2, 0.25) is 0 Å². The van der Waals surface area contributed by atoms with Crippen molar-refractivity contribution >= 4 is 6.21 Å². The Morgan fingerprint density at radius 2 is 2.20 bits per heavy atom. The van der Waals surface area contributed by atoms with Gasteiger partial charge in [0.15, 0.2) is 0 Å². The Morgan fingerprint density at radius 3 is 2.80 bits per heavy atom. The number of nitrogens with zero attached hydrogens (tertiary/aromatic N) is 1. The lowest BCUT2D eigenvalue weighted by Gasteiger charge is -2.20. The summed E-state index contributed by atoms with van der Waals surface area (Å²) in [5.41, 5.74) is 0. The predicted octanol–water partition coefficient (Wildman–Crippen LogP) is 0.836. The molecule has 1 saturated heterocycles. The third-order valence-electron chi connectivity index (χ3n) is 1.98. The van der Waals surface area contributed by atoms with Crippen molar-refractivity contribution in [3.8, 4) is 0 Å². The van der Waals surface area contributed by atoms with Crippen LogP contribution >= 0.6 is 0 Å². The van der Waals surface area contributed by atoms with Crippen LogP contribution in [0.25, 0.3) is 0 Å². The molecule has 0 spiro atoms. The summed E-state index contributed by atoms with van der Waals surface area (Å²) in [6.45, 7) is 2.23. The van der Waals surface area contributed by atoms with E-state index in [0.29, 0.717) is 0 Å². The van der Waals surface area contributed by atoms with E-state index in [4.69, 9.17) is 5.21 Å². The van der Waals surface area contributed by atoms with Crippen LogP contribution in [0.5, 0.6) is 0 Å². The maximum atomic E-state index is 8.15. The summed E-state index contributed by atoms with van der Waals surface area (Å²) in [6, 6.07) is 0. The minimum absolute atomic E-state index is 0.733. The molecule has 0 aromatic carbocycles. The average Bonchev–Trinajstić information content (AvgIpc) is 2.03. The van der Waals surface area contributed by atoms with Gasteiger partial charge < -0.3 is 10.5 Å². The Balaban J connectivity index is 2.13. The molecule has 0 amide bonds. The number of piperidine rings is 1. The van der Waals surface area contributed by atoms with Crippen LogP contribution in [0.15, 0.2) is 5.16 Å². The molecule has 1 rings (SSSR count). The smallest absolute Gasteiger partial charge is 0.0438 e. The van der Waals surface area contributed by atoms with Crippen LogP contribution in [0, 0.1) is 5.92 Å². The molecule has 1 fully saturated rings. The normalized spacial score (nSPS) is 22.0. The lowest BCUT2D eigenvalue weighted by molar-refractivity contribution is 0.316. The van der Waals surface area contributed by atoms with E-state index in [0.717, 1.165) is 25.4 Å². The lowest BCUT2D eigenvalue weighted by Crippen LogP contribution is -2.27. The summed E-state index contributed by atoms with van der Waals surface area (Å²) in [6.07, 6.45) is 4.95. The van der Waals surface area contributed by atoms with Gasteiger partial charge in [-0.1, -0.05) is 0 Å². The van der Waals surface area contributed by atoms with Gasteiger partial charge in [0.1, 0.15) is 0 Å². The molecule has 3 nitrogen and oxygen atoms in total. The minimum atomic E-state index is 0.733. The zero-order chi connectivity index (χ0) is 7.23. The highest BCUT2D eigenvalue weighted by molar-refractivity contribution is 5.56. The van der Waals surface area contributed by atoms with Crippen LogP contribution in [0.2, 0.25) is 0 Å². The Morgan fingerprint density at radius 1 is 1.50 bits per heavy atom. The summed E-state index contributed by atoms with van der Waals surface area (Å²) in [7, 11) is 0. The van der Waals surface area contributed by atoms with Crippen molar-refractivity contribution in [1.82, 2.24) is 5.32 Å². The van der Waals surface area contributed by atoms with Crippen LogP contribution in [0.1, 0.15) is 19.3 Å². The summed E-state index contributed by atoms with van der Waals surface area (Å²) in [5.74, 6) is 0.733. The highest BCUT2D eigenvalue weighted by Crippen LogP contribution is 2.13. The second-order valence-electron chi connectivity index (χ2n) is 2.73. The third-order valence-corrected chi connectivity index (χ3v) is 1.98. The zero-order valence-corrected chi connectivity index (χ0v) is 6.08. The molecule has 0 aromatic rings. The molecule has 0 bridgehead atoms. The summed E-state index contributed by atoms with van der Waals surface area (Å²) >= 11 is 0. The van der Waals surface area contributed by atoms with E-state index in [1.807, 2.05) is 0 Å². The Bertz CT molecular complexity index is 108. The van der Waals surface area contributed by atoms with Gasteiger partial charge in [0.25, 0.3) is 0 Å². The number of rotatable bonds is 2. The fourth-order valence-electron chi connectivity index (χ4n) is 1.31. The molecule has 0 unspecified atom stereocenters. The van der Waals surface area contributed by atoms with Crippen molar-refractivity contribution in [3.63, 3.8) is 0 Å². The Kier molecular flexibility index (Phi) is 3.22. The first kappa shape index (κ1) is 7.54. The molecular weight excluding hydrogens is 128 g/mol. The SMILES string of the molecule is ON=CCC1CCNCC1. The van der Waals surface area contributed by atoms with E-state index in [1.54, 1.807) is 6.21 Å². The first-order chi connectivity index (χ1) is 4.93. The van der Waals surface area contributed by atoms with Crippen molar-refractivity contribution in [3.05, 3.63) is 0 Å². The van der Waals surface area contributed by atoms with Crippen LogP contribution in [0.3, 0.4) is 0 Å². The molecule has 1 aliphatic rings. The molecule has 1 aliphatic heterocycles. The van der Waals surface area contributed by atoms with E-state index in [9.17, 15) is 0 Å². The molecule has 10 heavy (non-hydrogen) atoms. The number of hydrogen-bond donors (Lipinski definition) is 2. The maximum absolute atomic E-state index is 8.15. The molecule has 0 aliphatic carbocycles. The van der Waals surface area contributed by atoms with Crippen molar-refractivity contribution in [2.45, 2.75) is 19.3 Å². The zero-order valence-electron chi connectivity index (χ0n) is 6.08. The summed E-state index contributed by atoms with van der Waals surface area (Å²) in [5, 5.41) is 14.4. The van der Waals surface area contributed by atoms with Gasteiger partial charge in [-0.15, -0.1) is 5.16 Å². The molecular formula is C7H14N2O. The van der Waals surface area contributed by atoms with E-state index in [-0.39, 0.29) is 0 Å². The van der Waals surface area contributed by atoms with Crippen LogP contribution in [-0.2, 0) is 0 Å². The van der Waals surface area contributed by atoms with E-state index in [2.05, 4.69) is 10.5 Å². The van der Waals surface area contributed by atoms with Gasteiger partial charge >= 0.3 is 0 Å². The first-order valence-electron chi connectivity index (χ1n) is 3.80. The van der Waals surface area contributed by atoms with Gasteiger partial charge in [-0.3, -0.25) is 0 Å². The second kappa shape index (κ2) is 4.28. The quantitative estimate of drug-likeness (QED) is 0.341. The van der Waals surface area contributed by atoms with Gasteiger partial charge in [0.05, 0.1) is 0 Å². The topological polar surface area (TPSA) is 44.6 Å². The van der Waals surface area contributed by atoms with Crippen LogP contribution in [-0.4, -0.2) is 24.5 Å².